The molecule has 0 bridgehead atoms. The molecule has 2 aromatic heterocycles. The van der Waals surface area contributed by atoms with Crippen LogP contribution in [0.1, 0.15) is 5.56 Å². The summed E-state index contributed by atoms with van der Waals surface area (Å²) in [5.74, 6) is 0.503. The number of hydrogen-bond acceptors (Lipinski definition) is 10. The number of aromatic nitrogens is 4. The zero-order chi connectivity index (χ0) is 20.8. The van der Waals surface area contributed by atoms with Crippen LogP contribution in [0.2, 0.25) is 5.02 Å². The molecule has 0 fully saturated rings. The minimum Gasteiger partial charge on any atom is -0.481 e. The van der Waals surface area contributed by atoms with Crippen LogP contribution in [-0.2, 0) is 4.79 Å². The molecule has 152 valence electrons. The lowest BCUT2D eigenvalue weighted by atomic mass is 10.2. The molecule has 0 saturated carbocycles. The molecule has 0 saturated heterocycles. The molecule has 2 N–H and O–H groups in total. The van der Waals surface area contributed by atoms with E-state index in [1.165, 1.54) is 43.4 Å². The van der Waals surface area contributed by atoms with Crippen molar-refractivity contribution in [3.8, 4) is 11.8 Å². The minimum atomic E-state index is -0.291. The van der Waals surface area contributed by atoms with Crippen LogP contribution in [0.5, 0.6) is 11.8 Å². The third kappa shape index (κ3) is 5.92. The van der Waals surface area contributed by atoms with Gasteiger partial charge in [-0.05, 0) is 24.6 Å². The van der Waals surface area contributed by atoms with Crippen molar-refractivity contribution in [2.24, 2.45) is 0 Å². The first-order chi connectivity index (χ1) is 14.0. The molecule has 3 aromatic rings. The average Bonchev–Trinajstić information content (AvgIpc) is 3.16. The molecule has 1 amide bonds. The summed E-state index contributed by atoms with van der Waals surface area (Å²) in [4.78, 5) is 20.3. The Balaban J connectivity index is 1.55. The molecule has 0 atom stereocenters. The number of amides is 1. The van der Waals surface area contributed by atoms with Gasteiger partial charge in [-0.15, -0.1) is 10.2 Å². The van der Waals surface area contributed by atoms with Crippen molar-refractivity contribution in [3.63, 3.8) is 0 Å². The predicted octanol–water partition coefficient (Wildman–Crippen LogP) is 3.78. The van der Waals surface area contributed by atoms with E-state index in [2.05, 4.69) is 30.8 Å². The van der Waals surface area contributed by atoms with E-state index >= 15 is 0 Å². The number of nitrogens with one attached hydrogen (secondary N) is 2. The average molecular weight is 453 g/mol. The molecule has 1 aromatic carbocycles. The van der Waals surface area contributed by atoms with E-state index in [-0.39, 0.29) is 29.4 Å². The Morgan fingerprint density at radius 3 is 2.55 bits per heavy atom. The Hall–Kier alpha value is -2.63. The third-order valence-corrected chi connectivity index (χ3v) is 5.88. The number of carbonyl (C=O) groups is 1. The zero-order valence-corrected chi connectivity index (χ0v) is 18.1. The summed E-state index contributed by atoms with van der Waals surface area (Å²) >= 11 is 8.71. The first kappa shape index (κ1) is 21.1. The third-order valence-electron chi connectivity index (χ3n) is 3.50. The van der Waals surface area contributed by atoms with Gasteiger partial charge in [-0.1, -0.05) is 40.8 Å². The SMILES string of the molecule is COc1cc(OC)nc(NC(=O)CSc2nnc(Nc3ccc(C)c(Cl)c3)s2)n1. The summed E-state index contributed by atoms with van der Waals surface area (Å²) in [6.07, 6.45) is 0. The highest BCUT2D eigenvalue weighted by atomic mass is 35.5. The van der Waals surface area contributed by atoms with Crippen LogP contribution in [0, 0.1) is 6.92 Å². The molecule has 2 heterocycles. The van der Waals surface area contributed by atoms with Crippen molar-refractivity contribution in [2.75, 3.05) is 30.6 Å². The van der Waals surface area contributed by atoms with Crippen LogP contribution in [-0.4, -0.2) is 46.0 Å². The minimum absolute atomic E-state index is 0.0997. The van der Waals surface area contributed by atoms with E-state index in [1.54, 1.807) is 0 Å². The summed E-state index contributed by atoms with van der Waals surface area (Å²) < 4.78 is 10.8. The van der Waals surface area contributed by atoms with E-state index in [1.807, 2.05) is 25.1 Å². The molecule has 0 radical (unpaired) electrons. The molecule has 0 spiro atoms. The smallest absolute Gasteiger partial charge is 0.237 e. The Morgan fingerprint density at radius 2 is 1.90 bits per heavy atom. The van der Waals surface area contributed by atoms with E-state index in [9.17, 15) is 4.79 Å². The maximum atomic E-state index is 12.2. The van der Waals surface area contributed by atoms with Gasteiger partial charge in [0.05, 0.1) is 26.0 Å². The van der Waals surface area contributed by atoms with Crippen molar-refractivity contribution in [1.82, 2.24) is 20.2 Å². The molecule has 0 aliphatic heterocycles. The molecule has 0 unspecified atom stereocenters. The number of benzene rings is 1. The fraction of sp³-hybridized carbons (Fsp3) is 0.235. The monoisotopic (exact) mass is 452 g/mol. The standard InChI is InChI=1S/C17H17ClN6O3S2/c1-9-4-5-10(6-11(9)18)19-16-23-24-17(29-16)28-8-12(25)20-15-21-13(26-2)7-14(22-15)27-3/h4-7H,8H2,1-3H3,(H,19,23)(H,20,21,22,25). The van der Waals surface area contributed by atoms with Gasteiger partial charge < -0.3 is 14.8 Å². The number of carbonyl (C=O) groups excluding carboxylic acids is 1. The van der Waals surface area contributed by atoms with Gasteiger partial charge in [0.1, 0.15) is 0 Å². The number of anilines is 3. The van der Waals surface area contributed by atoms with E-state index < -0.39 is 0 Å². The van der Waals surface area contributed by atoms with Gasteiger partial charge in [0.25, 0.3) is 0 Å². The van der Waals surface area contributed by atoms with Gasteiger partial charge in [-0.2, -0.15) is 9.97 Å². The van der Waals surface area contributed by atoms with Crippen LogP contribution >= 0.6 is 34.7 Å². The number of rotatable bonds is 8. The topological polar surface area (TPSA) is 111 Å². The van der Waals surface area contributed by atoms with Gasteiger partial charge in [-0.3, -0.25) is 10.1 Å². The van der Waals surface area contributed by atoms with Gasteiger partial charge in [0.2, 0.25) is 28.7 Å². The van der Waals surface area contributed by atoms with Crippen molar-refractivity contribution < 1.29 is 14.3 Å². The Morgan fingerprint density at radius 1 is 1.17 bits per heavy atom. The van der Waals surface area contributed by atoms with Crippen LogP contribution in [0.25, 0.3) is 0 Å². The van der Waals surface area contributed by atoms with E-state index in [4.69, 9.17) is 21.1 Å². The van der Waals surface area contributed by atoms with Gasteiger partial charge >= 0.3 is 0 Å². The second-order valence-electron chi connectivity index (χ2n) is 5.58. The summed E-state index contributed by atoms with van der Waals surface area (Å²) in [6, 6.07) is 7.16. The highest BCUT2D eigenvalue weighted by Crippen LogP contribution is 2.29. The van der Waals surface area contributed by atoms with Crippen LogP contribution < -0.4 is 20.1 Å². The molecule has 0 aliphatic carbocycles. The molecular weight excluding hydrogens is 436 g/mol. The van der Waals surface area contributed by atoms with E-state index in [0.717, 1.165) is 11.3 Å². The first-order valence-corrected chi connectivity index (χ1v) is 10.4. The number of methoxy groups -OCH3 is 2. The highest BCUT2D eigenvalue weighted by Gasteiger charge is 2.12. The van der Waals surface area contributed by atoms with Crippen molar-refractivity contribution in [1.29, 1.82) is 0 Å². The number of aryl methyl sites for hydroxylation is 1. The Kier molecular flexibility index (Phi) is 7.07. The molecule has 12 heteroatoms. The Bertz CT molecular complexity index is 994. The van der Waals surface area contributed by atoms with Crippen molar-refractivity contribution in [2.45, 2.75) is 11.3 Å². The lowest BCUT2D eigenvalue weighted by Crippen LogP contribution is -2.16. The zero-order valence-electron chi connectivity index (χ0n) is 15.7. The fourth-order valence-corrected chi connectivity index (χ4v) is 3.82. The first-order valence-electron chi connectivity index (χ1n) is 8.23. The van der Waals surface area contributed by atoms with Crippen LogP contribution in [0.15, 0.2) is 28.6 Å². The number of ether oxygens (including phenoxy) is 2. The van der Waals surface area contributed by atoms with Crippen LogP contribution in [0.3, 0.4) is 0 Å². The van der Waals surface area contributed by atoms with Crippen molar-refractivity contribution >= 4 is 57.4 Å². The number of nitrogens with zero attached hydrogens (tertiary/aromatic N) is 4. The van der Waals surface area contributed by atoms with Crippen molar-refractivity contribution in [3.05, 3.63) is 34.9 Å². The van der Waals surface area contributed by atoms with E-state index in [0.29, 0.717) is 14.5 Å². The second kappa shape index (κ2) is 9.72. The highest BCUT2D eigenvalue weighted by molar-refractivity contribution is 8.01. The summed E-state index contributed by atoms with van der Waals surface area (Å²) in [6.45, 7) is 1.93. The summed E-state index contributed by atoms with van der Waals surface area (Å²) in [5, 5.41) is 15.2. The fourth-order valence-electron chi connectivity index (χ4n) is 2.07. The summed E-state index contributed by atoms with van der Waals surface area (Å²) in [7, 11) is 2.93. The maximum absolute atomic E-state index is 12.2. The molecule has 0 aliphatic rings. The molecule has 29 heavy (non-hydrogen) atoms. The molecule has 9 nitrogen and oxygen atoms in total. The Labute approximate surface area is 180 Å². The largest absolute Gasteiger partial charge is 0.481 e. The maximum Gasteiger partial charge on any atom is 0.237 e. The quantitative estimate of drug-likeness (QED) is 0.493. The van der Waals surface area contributed by atoms with Crippen LogP contribution in [0.4, 0.5) is 16.8 Å². The predicted molar refractivity (Wildman–Crippen MR) is 114 cm³/mol. The van der Waals surface area contributed by atoms with Gasteiger partial charge in [0, 0.05) is 10.7 Å². The number of thioether (sulfide) groups is 1. The lowest BCUT2D eigenvalue weighted by Gasteiger charge is -2.07. The molecule has 3 rings (SSSR count). The molecular formula is C17H17ClN6O3S2. The normalized spacial score (nSPS) is 10.5. The van der Waals surface area contributed by atoms with Gasteiger partial charge in [0.15, 0.2) is 4.34 Å². The number of hydrogen-bond donors (Lipinski definition) is 2. The van der Waals surface area contributed by atoms with Gasteiger partial charge in [-0.25, -0.2) is 0 Å². The number of halogens is 1. The summed E-state index contributed by atoms with van der Waals surface area (Å²) in [5.41, 5.74) is 1.81. The lowest BCUT2D eigenvalue weighted by molar-refractivity contribution is -0.113. The second-order valence-corrected chi connectivity index (χ2v) is 8.18.